The Morgan fingerprint density at radius 3 is 2.25 bits per heavy atom. The minimum Gasteiger partial charge on any atom is -0.338 e. The molecule has 2 aromatic rings. The molecule has 7 nitrogen and oxygen atoms in total. The maximum atomic E-state index is 12.7. The highest BCUT2D eigenvalue weighted by Crippen LogP contribution is 2.19. The average Bonchev–Trinajstić information content (AvgIpc) is 2.64. The van der Waals surface area contributed by atoms with E-state index in [1.807, 2.05) is 49.4 Å². The Kier molecular flexibility index (Phi) is 7.71. The number of imide groups is 1. The van der Waals surface area contributed by atoms with Crippen molar-refractivity contribution in [3.8, 4) is 0 Å². The van der Waals surface area contributed by atoms with Crippen LogP contribution in [0.25, 0.3) is 0 Å². The molecule has 0 saturated carbocycles. The molecule has 0 bridgehead atoms. The van der Waals surface area contributed by atoms with E-state index < -0.39 is 18.0 Å². The Morgan fingerprint density at radius 1 is 1.00 bits per heavy atom. The van der Waals surface area contributed by atoms with Gasteiger partial charge in [-0.15, -0.1) is 0 Å². The normalized spacial score (nSPS) is 11.6. The molecule has 28 heavy (non-hydrogen) atoms. The first-order chi connectivity index (χ1) is 13.4. The third-order valence-electron chi connectivity index (χ3n) is 4.11. The molecular formula is C21H26N4O3. The molecule has 0 aliphatic carbocycles. The number of hydrogen-bond acceptors (Lipinski definition) is 4. The first-order valence-electron chi connectivity index (χ1n) is 9.11. The van der Waals surface area contributed by atoms with E-state index >= 15 is 0 Å². The van der Waals surface area contributed by atoms with Crippen LogP contribution in [-0.2, 0) is 9.59 Å². The zero-order chi connectivity index (χ0) is 20.5. The zero-order valence-corrected chi connectivity index (χ0v) is 16.4. The molecule has 0 fully saturated rings. The first kappa shape index (κ1) is 21.1. The summed E-state index contributed by atoms with van der Waals surface area (Å²) >= 11 is 0. The Bertz CT molecular complexity index is 806. The van der Waals surface area contributed by atoms with Gasteiger partial charge in [-0.25, -0.2) is 4.79 Å². The van der Waals surface area contributed by atoms with Crippen LogP contribution in [-0.4, -0.2) is 42.9 Å². The van der Waals surface area contributed by atoms with Gasteiger partial charge in [0.2, 0.25) is 11.8 Å². The number of aryl methyl sites for hydroxylation is 1. The topological polar surface area (TPSA) is 90.5 Å². The minimum atomic E-state index is -0.785. The summed E-state index contributed by atoms with van der Waals surface area (Å²) in [5.41, 5.74) is 2.48. The Hall–Kier alpha value is -3.19. The van der Waals surface area contributed by atoms with Crippen LogP contribution in [0, 0.1) is 6.92 Å². The van der Waals surface area contributed by atoms with Crippen LogP contribution in [0.3, 0.4) is 0 Å². The van der Waals surface area contributed by atoms with E-state index in [0.717, 1.165) is 5.56 Å². The highest BCUT2D eigenvalue weighted by molar-refractivity contribution is 5.98. The van der Waals surface area contributed by atoms with Gasteiger partial charge in [-0.1, -0.05) is 48.0 Å². The number of nitrogens with zero attached hydrogens (tertiary/aromatic N) is 1. The number of anilines is 1. The van der Waals surface area contributed by atoms with Crippen molar-refractivity contribution in [2.45, 2.75) is 19.9 Å². The predicted molar refractivity (Wildman–Crippen MR) is 109 cm³/mol. The lowest BCUT2D eigenvalue weighted by molar-refractivity contribution is -0.126. The van der Waals surface area contributed by atoms with E-state index in [2.05, 4.69) is 16.0 Å². The van der Waals surface area contributed by atoms with Crippen molar-refractivity contribution in [3.05, 3.63) is 65.7 Å². The molecule has 7 heteroatoms. The SMILES string of the molecule is CCNC(=O)NC(=O)[C@H](c1ccccc1)N(C)CC(=O)Nc1ccc(C)cc1. The highest BCUT2D eigenvalue weighted by Gasteiger charge is 2.27. The van der Waals surface area contributed by atoms with Gasteiger partial charge in [-0.05, 0) is 38.6 Å². The third-order valence-corrected chi connectivity index (χ3v) is 4.11. The number of urea groups is 1. The van der Waals surface area contributed by atoms with Gasteiger partial charge in [-0.3, -0.25) is 19.8 Å². The molecule has 0 radical (unpaired) electrons. The van der Waals surface area contributed by atoms with E-state index in [0.29, 0.717) is 17.8 Å². The largest absolute Gasteiger partial charge is 0.338 e. The number of carbonyl (C=O) groups excluding carboxylic acids is 3. The maximum absolute atomic E-state index is 12.7. The van der Waals surface area contributed by atoms with Crippen LogP contribution in [0.15, 0.2) is 54.6 Å². The average molecular weight is 382 g/mol. The lowest BCUT2D eigenvalue weighted by Gasteiger charge is -2.26. The van der Waals surface area contributed by atoms with Crippen molar-refractivity contribution in [2.24, 2.45) is 0 Å². The van der Waals surface area contributed by atoms with E-state index in [1.54, 1.807) is 31.0 Å². The molecule has 2 aromatic carbocycles. The fourth-order valence-corrected chi connectivity index (χ4v) is 2.78. The van der Waals surface area contributed by atoms with Crippen LogP contribution < -0.4 is 16.0 Å². The molecular weight excluding hydrogens is 356 g/mol. The minimum absolute atomic E-state index is 0.0176. The Labute approximate surface area is 165 Å². The zero-order valence-electron chi connectivity index (χ0n) is 16.4. The summed E-state index contributed by atoms with van der Waals surface area (Å²) in [4.78, 5) is 38.5. The smallest absolute Gasteiger partial charge is 0.321 e. The van der Waals surface area contributed by atoms with Gasteiger partial charge in [0.25, 0.3) is 0 Å². The Balaban J connectivity index is 2.10. The number of nitrogens with one attached hydrogen (secondary N) is 3. The second-order valence-electron chi connectivity index (χ2n) is 6.49. The van der Waals surface area contributed by atoms with Gasteiger partial charge in [0.15, 0.2) is 0 Å². The molecule has 0 aliphatic rings. The molecule has 4 amide bonds. The van der Waals surface area contributed by atoms with E-state index in [4.69, 9.17) is 0 Å². The molecule has 0 aliphatic heterocycles. The van der Waals surface area contributed by atoms with Gasteiger partial charge in [-0.2, -0.15) is 0 Å². The highest BCUT2D eigenvalue weighted by atomic mass is 16.2. The summed E-state index contributed by atoms with van der Waals surface area (Å²) < 4.78 is 0. The van der Waals surface area contributed by atoms with E-state index in [9.17, 15) is 14.4 Å². The van der Waals surface area contributed by atoms with Crippen LogP contribution in [0.2, 0.25) is 0 Å². The lowest BCUT2D eigenvalue weighted by atomic mass is 10.0. The summed E-state index contributed by atoms with van der Waals surface area (Å²) in [6, 6.07) is 15.1. The van der Waals surface area contributed by atoms with Crippen LogP contribution in [0.4, 0.5) is 10.5 Å². The van der Waals surface area contributed by atoms with Gasteiger partial charge in [0, 0.05) is 12.2 Å². The van der Waals surface area contributed by atoms with Crippen LogP contribution in [0.5, 0.6) is 0 Å². The molecule has 0 saturated heterocycles. The molecule has 2 rings (SSSR count). The number of likely N-dealkylation sites (N-methyl/N-ethyl adjacent to an activating group) is 1. The molecule has 0 aromatic heterocycles. The molecule has 1 atom stereocenters. The number of rotatable bonds is 7. The summed E-state index contributed by atoms with van der Waals surface area (Å²) in [5.74, 6) is -0.749. The lowest BCUT2D eigenvalue weighted by Crippen LogP contribution is -2.46. The van der Waals surface area contributed by atoms with Crippen molar-refractivity contribution in [3.63, 3.8) is 0 Å². The second-order valence-corrected chi connectivity index (χ2v) is 6.49. The standard InChI is InChI=1S/C21H26N4O3/c1-4-22-21(28)24-20(27)19(16-8-6-5-7-9-16)25(3)14-18(26)23-17-12-10-15(2)11-13-17/h5-13,19H,4,14H2,1-3H3,(H,23,26)(H2,22,24,27,28)/t19-/m0/s1. The summed E-state index contributed by atoms with van der Waals surface area (Å²) in [5, 5.41) is 7.67. The van der Waals surface area contributed by atoms with Gasteiger partial charge < -0.3 is 10.6 Å². The van der Waals surface area contributed by atoms with Crippen LogP contribution in [0.1, 0.15) is 24.1 Å². The summed E-state index contributed by atoms with van der Waals surface area (Å²) in [6.07, 6.45) is 0. The molecule has 0 unspecified atom stereocenters. The second kappa shape index (κ2) is 10.2. The monoisotopic (exact) mass is 382 g/mol. The van der Waals surface area contributed by atoms with E-state index in [-0.39, 0.29) is 12.5 Å². The van der Waals surface area contributed by atoms with Crippen LogP contribution >= 0.6 is 0 Å². The number of carbonyl (C=O) groups is 3. The van der Waals surface area contributed by atoms with Crippen molar-refractivity contribution >= 4 is 23.5 Å². The van der Waals surface area contributed by atoms with Gasteiger partial charge in [0.05, 0.1) is 6.54 Å². The number of hydrogen-bond donors (Lipinski definition) is 3. The first-order valence-corrected chi connectivity index (χ1v) is 9.11. The van der Waals surface area contributed by atoms with Gasteiger partial charge >= 0.3 is 6.03 Å². The third kappa shape index (κ3) is 6.21. The summed E-state index contributed by atoms with van der Waals surface area (Å²) in [7, 11) is 1.67. The van der Waals surface area contributed by atoms with Crippen molar-refractivity contribution in [1.82, 2.24) is 15.5 Å². The fourth-order valence-electron chi connectivity index (χ4n) is 2.78. The fraction of sp³-hybridized carbons (Fsp3) is 0.286. The molecule has 0 heterocycles. The van der Waals surface area contributed by atoms with E-state index in [1.165, 1.54) is 0 Å². The predicted octanol–water partition coefficient (Wildman–Crippen LogP) is 2.45. The van der Waals surface area contributed by atoms with Gasteiger partial charge in [0.1, 0.15) is 6.04 Å². The number of benzene rings is 2. The molecule has 3 N–H and O–H groups in total. The van der Waals surface area contributed by atoms with Crippen molar-refractivity contribution in [2.75, 3.05) is 25.5 Å². The quantitative estimate of drug-likeness (QED) is 0.686. The number of amides is 4. The maximum Gasteiger partial charge on any atom is 0.321 e. The Morgan fingerprint density at radius 2 is 1.64 bits per heavy atom. The molecule has 0 spiro atoms. The molecule has 148 valence electrons. The van der Waals surface area contributed by atoms with Crippen molar-refractivity contribution < 1.29 is 14.4 Å². The van der Waals surface area contributed by atoms with Crippen molar-refractivity contribution in [1.29, 1.82) is 0 Å². The summed E-state index contributed by atoms with van der Waals surface area (Å²) in [6.45, 7) is 4.12.